The predicted octanol–water partition coefficient (Wildman–Crippen LogP) is 3.93. The first-order chi connectivity index (χ1) is 16.0. The summed E-state index contributed by atoms with van der Waals surface area (Å²) >= 11 is 1.63. The number of amides is 2. The maximum absolute atomic E-state index is 11.5. The van der Waals surface area contributed by atoms with Crippen LogP contribution >= 0.6 is 11.3 Å². The fourth-order valence-electron chi connectivity index (χ4n) is 3.83. The molecule has 1 saturated heterocycles. The highest BCUT2D eigenvalue weighted by Gasteiger charge is 2.24. The lowest BCUT2D eigenvalue weighted by atomic mass is 9.97. The highest BCUT2D eigenvalue weighted by atomic mass is 32.1. The number of piperidine rings is 1. The SMILES string of the molecule is CCNC(=O)OCc1csc(C2CCN(c3cccc(-c4ccc(C(N)=O)cc4)n3)CC2)n1. The van der Waals surface area contributed by atoms with E-state index in [1.807, 2.05) is 42.6 Å². The van der Waals surface area contributed by atoms with Crippen molar-refractivity contribution in [1.82, 2.24) is 15.3 Å². The summed E-state index contributed by atoms with van der Waals surface area (Å²) in [5, 5.41) is 5.68. The molecule has 8 nitrogen and oxygen atoms in total. The lowest BCUT2D eigenvalue weighted by molar-refractivity contribution is 0.1000. The topological polar surface area (TPSA) is 110 Å². The van der Waals surface area contributed by atoms with E-state index in [4.69, 9.17) is 15.5 Å². The molecule has 1 fully saturated rings. The highest BCUT2D eigenvalue weighted by Crippen LogP contribution is 2.32. The number of pyridine rings is 1. The van der Waals surface area contributed by atoms with Crippen molar-refractivity contribution < 1.29 is 14.3 Å². The van der Waals surface area contributed by atoms with E-state index in [1.165, 1.54) is 0 Å². The third kappa shape index (κ3) is 5.67. The van der Waals surface area contributed by atoms with Gasteiger partial charge >= 0.3 is 6.09 Å². The molecule has 2 amide bonds. The number of nitrogens with one attached hydrogen (secondary N) is 1. The number of carbonyl (C=O) groups is 2. The number of anilines is 1. The summed E-state index contributed by atoms with van der Waals surface area (Å²) in [6.07, 6.45) is 1.56. The van der Waals surface area contributed by atoms with Crippen molar-refractivity contribution in [3.8, 4) is 11.3 Å². The molecule has 0 unspecified atom stereocenters. The number of hydrogen-bond acceptors (Lipinski definition) is 7. The standard InChI is InChI=1S/C24H27N5O3S/c1-2-26-24(31)32-14-19-15-33-23(27-19)18-10-12-29(13-11-18)21-5-3-4-20(28-21)16-6-8-17(9-7-16)22(25)30/h3-9,15,18H,2,10-14H2,1H3,(H2,25,30)(H,26,31). The second-order valence-electron chi connectivity index (χ2n) is 7.87. The summed E-state index contributed by atoms with van der Waals surface area (Å²) < 4.78 is 5.16. The van der Waals surface area contributed by atoms with Gasteiger partial charge in [-0.25, -0.2) is 14.8 Å². The summed E-state index contributed by atoms with van der Waals surface area (Å²) in [6, 6.07) is 13.2. The summed E-state index contributed by atoms with van der Waals surface area (Å²) in [5.41, 5.74) is 8.42. The molecule has 3 aromatic rings. The third-order valence-corrected chi connectivity index (χ3v) is 6.67. The van der Waals surface area contributed by atoms with Crippen molar-refractivity contribution in [2.75, 3.05) is 24.5 Å². The van der Waals surface area contributed by atoms with Crippen molar-refractivity contribution in [3.63, 3.8) is 0 Å². The highest BCUT2D eigenvalue weighted by molar-refractivity contribution is 7.09. The molecule has 1 aliphatic heterocycles. The second-order valence-corrected chi connectivity index (χ2v) is 8.76. The van der Waals surface area contributed by atoms with Crippen molar-refractivity contribution >= 4 is 29.2 Å². The van der Waals surface area contributed by atoms with Gasteiger partial charge in [-0.1, -0.05) is 18.2 Å². The number of nitrogens with two attached hydrogens (primary N) is 1. The Morgan fingerprint density at radius 2 is 1.91 bits per heavy atom. The average Bonchev–Trinajstić information content (AvgIpc) is 3.32. The molecule has 172 valence electrons. The zero-order chi connectivity index (χ0) is 23.2. The molecule has 0 spiro atoms. The number of aromatic nitrogens is 2. The van der Waals surface area contributed by atoms with Crippen LogP contribution in [-0.4, -0.2) is 41.6 Å². The molecule has 0 atom stereocenters. The van der Waals surface area contributed by atoms with Crippen LogP contribution in [0.3, 0.4) is 0 Å². The van der Waals surface area contributed by atoms with Crippen LogP contribution in [0.5, 0.6) is 0 Å². The van der Waals surface area contributed by atoms with Crippen LogP contribution in [0.1, 0.15) is 46.7 Å². The number of thiazole rings is 1. The van der Waals surface area contributed by atoms with Crippen LogP contribution in [0.15, 0.2) is 47.8 Å². The van der Waals surface area contributed by atoms with Gasteiger partial charge in [0, 0.05) is 42.1 Å². The maximum Gasteiger partial charge on any atom is 0.407 e. The first-order valence-electron chi connectivity index (χ1n) is 11.0. The van der Waals surface area contributed by atoms with Crippen molar-refractivity contribution in [2.24, 2.45) is 5.73 Å². The summed E-state index contributed by atoms with van der Waals surface area (Å²) in [5.74, 6) is 0.905. The summed E-state index contributed by atoms with van der Waals surface area (Å²) in [6.45, 7) is 4.37. The number of rotatable bonds is 7. The minimum absolute atomic E-state index is 0.193. The normalized spacial score (nSPS) is 14.2. The second kappa shape index (κ2) is 10.4. The van der Waals surface area contributed by atoms with E-state index in [2.05, 4.69) is 15.2 Å². The van der Waals surface area contributed by atoms with Gasteiger partial charge in [-0.3, -0.25) is 4.79 Å². The molecule has 1 aliphatic rings. The van der Waals surface area contributed by atoms with E-state index in [9.17, 15) is 9.59 Å². The van der Waals surface area contributed by atoms with Crippen LogP contribution in [0.4, 0.5) is 10.6 Å². The molecule has 3 N–H and O–H groups in total. The fourth-order valence-corrected chi connectivity index (χ4v) is 4.81. The van der Waals surface area contributed by atoms with Gasteiger partial charge in [0.05, 0.1) is 16.4 Å². The van der Waals surface area contributed by atoms with Gasteiger partial charge in [0.15, 0.2) is 0 Å². The zero-order valence-corrected chi connectivity index (χ0v) is 19.3. The molecule has 0 bridgehead atoms. The van der Waals surface area contributed by atoms with E-state index in [0.29, 0.717) is 18.0 Å². The largest absolute Gasteiger partial charge is 0.443 e. The van der Waals surface area contributed by atoms with E-state index in [1.54, 1.807) is 23.5 Å². The van der Waals surface area contributed by atoms with Crippen LogP contribution < -0.4 is 16.0 Å². The van der Waals surface area contributed by atoms with Crippen molar-refractivity contribution in [1.29, 1.82) is 0 Å². The van der Waals surface area contributed by atoms with E-state index >= 15 is 0 Å². The third-order valence-electron chi connectivity index (χ3n) is 5.61. The molecule has 2 aromatic heterocycles. The van der Waals surface area contributed by atoms with Gasteiger partial charge < -0.3 is 20.7 Å². The van der Waals surface area contributed by atoms with E-state index in [0.717, 1.165) is 53.7 Å². The number of alkyl carbamates (subject to hydrolysis) is 1. The molecule has 3 heterocycles. The zero-order valence-electron chi connectivity index (χ0n) is 18.5. The van der Waals surface area contributed by atoms with E-state index in [-0.39, 0.29) is 6.61 Å². The number of ether oxygens (including phenoxy) is 1. The van der Waals surface area contributed by atoms with Gasteiger partial charge in [-0.2, -0.15) is 0 Å². The van der Waals surface area contributed by atoms with Gasteiger partial charge in [0.2, 0.25) is 5.91 Å². The van der Waals surface area contributed by atoms with Crippen LogP contribution in [-0.2, 0) is 11.3 Å². The van der Waals surface area contributed by atoms with Crippen LogP contribution in [0.2, 0.25) is 0 Å². The molecule has 0 saturated carbocycles. The number of benzene rings is 1. The lowest BCUT2D eigenvalue weighted by Crippen LogP contribution is -2.33. The Morgan fingerprint density at radius 3 is 2.61 bits per heavy atom. The monoisotopic (exact) mass is 465 g/mol. The molecule has 0 radical (unpaired) electrons. The van der Waals surface area contributed by atoms with Crippen molar-refractivity contribution in [2.45, 2.75) is 32.3 Å². The molecular weight excluding hydrogens is 438 g/mol. The smallest absolute Gasteiger partial charge is 0.407 e. The molecule has 1 aromatic carbocycles. The fraction of sp³-hybridized carbons (Fsp3) is 0.333. The van der Waals surface area contributed by atoms with Crippen LogP contribution in [0.25, 0.3) is 11.3 Å². The number of hydrogen-bond donors (Lipinski definition) is 2. The molecule has 4 rings (SSSR count). The number of primary amides is 1. The molecule has 9 heteroatoms. The average molecular weight is 466 g/mol. The summed E-state index contributed by atoms with van der Waals surface area (Å²) in [4.78, 5) is 34.6. The van der Waals surface area contributed by atoms with Crippen LogP contribution in [0, 0.1) is 0 Å². The minimum atomic E-state index is -0.437. The minimum Gasteiger partial charge on any atom is -0.443 e. The quantitative estimate of drug-likeness (QED) is 0.547. The van der Waals surface area contributed by atoms with Crippen molar-refractivity contribution in [3.05, 3.63) is 64.1 Å². The Bertz CT molecular complexity index is 1110. The Balaban J connectivity index is 1.35. The first kappa shape index (κ1) is 22.7. The van der Waals surface area contributed by atoms with Gasteiger partial charge in [-0.05, 0) is 44.0 Å². The van der Waals surface area contributed by atoms with Gasteiger partial charge in [0.25, 0.3) is 0 Å². The summed E-state index contributed by atoms with van der Waals surface area (Å²) in [7, 11) is 0. The van der Waals surface area contributed by atoms with E-state index < -0.39 is 12.0 Å². The Kier molecular flexibility index (Phi) is 7.19. The molecule has 33 heavy (non-hydrogen) atoms. The van der Waals surface area contributed by atoms with Gasteiger partial charge in [-0.15, -0.1) is 11.3 Å². The number of carbonyl (C=O) groups excluding carboxylic acids is 2. The first-order valence-corrected chi connectivity index (χ1v) is 11.9. The Labute approximate surface area is 196 Å². The lowest BCUT2D eigenvalue weighted by Gasteiger charge is -2.32. The van der Waals surface area contributed by atoms with Gasteiger partial charge in [0.1, 0.15) is 12.4 Å². The molecule has 0 aliphatic carbocycles. The maximum atomic E-state index is 11.5. The Morgan fingerprint density at radius 1 is 1.15 bits per heavy atom. The predicted molar refractivity (Wildman–Crippen MR) is 128 cm³/mol. The number of nitrogens with zero attached hydrogens (tertiary/aromatic N) is 3. The molecular formula is C24H27N5O3S. The Hall–Kier alpha value is -3.46.